The van der Waals surface area contributed by atoms with Gasteiger partial charge in [0.15, 0.2) is 12.1 Å². The Labute approximate surface area is 306 Å². The quantitative estimate of drug-likeness (QED) is 0.0308. The fourth-order valence-electron chi connectivity index (χ4n) is 5.34. The maximum atomic E-state index is 12.6. The van der Waals surface area contributed by atoms with Gasteiger partial charge in [0.1, 0.15) is 6.61 Å². The minimum absolute atomic E-state index is 0.0331. The molecule has 0 aliphatic heterocycles. The van der Waals surface area contributed by atoms with Crippen molar-refractivity contribution in [3.63, 3.8) is 0 Å². The van der Waals surface area contributed by atoms with Crippen molar-refractivity contribution >= 4 is 17.9 Å². The lowest BCUT2D eigenvalue weighted by molar-refractivity contribution is -0.887. The summed E-state index contributed by atoms with van der Waals surface area (Å²) in [5.74, 6) is -1.59. The molecule has 0 saturated heterocycles. The number of esters is 2. The van der Waals surface area contributed by atoms with Gasteiger partial charge in [-0.25, -0.2) is 4.79 Å². The van der Waals surface area contributed by atoms with Gasteiger partial charge in [0, 0.05) is 19.3 Å². The molecule has 0 rings (SSSR count). The summed E-state index contributed by atoms with van der Waals surface area (Å²) in [4.78, 5) is 36.7. The number of hydrogen-bond donors (Lipinski definition) is 1. The molecule has 0 heterocycles. The Hall–Kier alpha value is -2.71. The number of likely N-dealkylation sites (N-methyl/N-ethyl adjacent to an activating group) is 1. The van der Waals surface area contributed by atoms with E-state index in [0.29, 0.717) is 19.3 Å². The van der Waals surface area contributed by atoms with Crippen molar-refractivity contribution < 1.29 is 38.2 Å². The van der Waals surface area contributed by atoms with Crippen LogP contribution in [0, 0.1) is 0 Å². The van der Waals surface area contributed by atoms with Crippen molar-refractivity contribution in [2.45, 2.75) is 161 Å². The van der Waals surface area contributed by atoms with Gasteiger partial charge in [0.25, 0.3) is 0 Å². The largest absolute Gasteiger partial charge is 0.477 e. The van der Waals surface area contributed by atoms with E-state index in [-0.39, 0.29) is 49.1 Å². The summed E-state index contributed by atoms with van der Waals surface area (Å²) in [6.07, 6.45) is 37.5. The molecule has 0 amide bonds. The van der Waals surface area contributed by atoms with Crippen LogP contribution >= 0.6 is 0 Å². The molecular weight excluding hydrogens is 630 g/mol. The third-order valence-corrected chi connectivity index (χ3v) is 8.45. The molecule has 0 aliphatic rings. The van der Waals surface area contributed by atoms with Crippen molar-refractivity contribution in [1.82, 2.24) is 0 Å². The molecule has 0 aromatic rings. The average Bonchev–Trinajstić information content (AvgIpc) is 3.06. The zero-order chi connectivity index (χ0) is 37.1. The van der Waals surface area contributed by atoms with Gasteiger partial charge in [-0.05, 0) is 64.2 Å². The van der Waals surface area contributed by atoms with E-state index >= 15 is 0 Å². The molecule has 0 radical (unpaired) electrons. The second kappa shape index (κ2) is 33.4. The lowest BCUT2D eigenvalue weighted by Gasteiger charge is -2.31. The number of carbonyl (C=O) groups excluding carboxylic acids is 2. The van der Waals surface area contributed by atoms with Crippen LogP contribution < -0.4 is 0 Å². The van der Waals surface area contributed by atoms with Gasteiger partial charge in [0.05, 0.1) is 34.4 Å². The van der Waals surface area contributed by atoms with Crippen LogP contribution in [0.4, 0.5) is 0 Å². The summed E-state index contributed by atoms with van der Waals surface area (Å²) in [7, 11) is 5.49. The van der Waals surface area contributed by atoms with Crippen LogP contribution in [-0.4, -0.2) is 80.6 Å². The topological polar surface area (TPSA) is 99.1 Å². The lowest BCUT2D eigenvalue weighted by atomic mass is 10.1. The summed E-state index contributed by atoms with van der Waals surface area (Å²) in [6, 6.07) is -0.625. The molecule has 50 heavy (non-hydrogen) atoms. The number of carboxylic acids is 1. The zero-order valence-electron chi connectivity index (χ0n) is 32.6. The van der Waals surface area contributed by atoms with E-state index < -0.39 is 18.1 Å². The third-order valence-electron chi connectivity index (χ3n) is 8.45. The zero-order valence-corrected chi connectivity index (χ0v) is 32.6. The molecule has 0 aliphatic carbocycles. The number of nitrogens with zero attached hydrogens (tertiary/aromatic N) is 1. The van der Waals surface area contributed by atoms with Crippen molar-refractivity contribution in [3.8, 4) is 0 Å². The number of carbonyl (C=O) groups is 3. The predicted molar refractivity (Wildman–Crippen MR) is 206 cm³/mol. The summed E-state index contributed by atoms with van der Waals surface area (Å²) in [5.41, 5.74) is 0. The highest BCUT2D eigenvalue weighted by Crippen LogP contribution is 2.11. The van der Waals surface area contributed by atoms with Crippen molar-refractivity contribution in [1.29, 1.82) is 0 Å². The first-order valence-electron chi connectivity index (χ1n) is 19.7. The van der Waals surface area contributed by atoms with Crippen LogP contribution in [0.1, 0.15) is 149 Å². The van der Waals surface area contributed by atoms with Crippen LogP contribution in [-0.2, 0) is 28.6 Å². The highest BCUT2D eigenvalue weighted by molar-refractivity contribution is 5.72. The molecule has 1 N–H and O–H groups in total. The van der Waals surface area contributed by atoms with Crippen LogP contribution in [0.25, 0.3) is 0 Å². The number of rotatable bonds is 34. The van der Waals surface area contributed by atoms with Crippen LogP contribution in [0.3, 0.4) is 0 Å². The monoisotopic (exact) mass is 705 g/mol. The first-order valence-corrected chi connectivity index (χ1v) is 19.7. The van der Waals surface area contributed by atoms with Gasteiger partial charge in [-0.15, -0.1) is 0 Å². The number of quaternary nitrogens is 1. The Morgan fingerprint density at radius 2 is 1.06 bits per heavy atom. The molecule has 0 saturated carbocycles. The minimum atomic E-state index is -0.888. The molecule has 0 spiro atoms. The number of aliphatic carboxylic acids is 1. The van der Waals surface area contributed by atoms with E-state index in [1.807, 2.05) is 21.1 Å². The fraction of sp³-hybridized carbons (Fsp3) is 0.738. The Kier molecular flexibility index (Phi) is 31.6. The Balaban J connectivity index is 4.48. The van der Waals surface area contributed by atoms with Crippen LogP contribution in [0.15, 0.2) is 48.6 Å². The van der Waals surface area contributed by atoms with Crippen LogP contribution in [0.2, 0.25) is 0 Å². The van der Waals surface area contributed by atoms with E-state index in [1.54, 1.807) is 0 Å². The van der Waals surface area contributed by atoms with Gasteiger partial charge >= 0.3 is 17.9 Å². The summed E-state index contributed by atoms with van der Waals surface area (Å²) in [5, 5.41) is 9.57. The van der Waals surface area contributed by atoms with Gasteiger partial charge in [-0.3, -0.25) is 9.59 Å². The van der Waals surface area contributed by atoms with E-state index in [2.05, 4.69) is 62.5 Å². The Bertz CT molecular complexity index is 964. The maximum Gasteiger partial charge on any atom is 0.362 e. The number of allylic oxidation sites excluding steroid dienone is 8. The standard InChI is InChI=1S/C42H73NO7/c1-6-8-10-12-14-16-17-18-19-20-21-22-23-25-26-28-30-32-40(44)49-37-38(36-48-35-34-39(42(46)47)43(3,4)5)50-41(45)33-31-29-27-24-15-13-11-9-7-2/h18-19,21-22,24-27,38-39H,6-17,20,23,28-37H2,1-5H3/p+1/b19-18+,22-21+,26-25+,27-24+. The second-order valence-corrected chi connectivity index (χ2v) is 14.2. The number of hydrogen-bond acceptors (Lipinski definition) is 6. The summed E-state index contributed by atoms with van der Waals surface area (Å²) < 4.78 is 17.1. The molecule has 0 bridgehead atoms. The number of unbranched alkanes of at least 4 members (excludes halogenated alkanes) is 12. The molecule has 8 nitrogen and oxygen atoms in total. The second-order valence-electron chi connectivity index (χ2n) is 14.2. The van der Waals surface area contributed by atoms with Gasteiger partial charge in [-0.1, -0.05) is 114 Å². The normalized spacial score (nSPS) is 13.5. The smallest absolute Gasteiger partial charge is 0.362 e. The summed E-state index contributed by atoms with van der Waals surface area (Å²) in [6.45, 7) is 4.59. The fourth-order valence-corrected chi connectivity index (χ4v) is 5.34. The van der Waals surface area contributed by atoms with Gasteiger partial charge < -0.3 is 23.8 Å². The lowest BCUT2D eigenvalue weighted by Crippen LogP contribution is -2.50. The highest BCUT2D eigenvalue weighted by atomic mass is 16.6. The van der Waals surface area contributed by atoms with Crippen molar-refractivity contribution in [3.05, 3.63) is 48.6 Å². The van der Waals surface area contributed by atoms with E-state index in [1.165, 1.54) is 70.6 Å². The first-order chi connectivity index (χ1) is 24.1. The van der Waals surface area contributed by atoms with E-state index in [4.69, 9.17) is 14.2 Å². The van der Waals surface area contributed by atoms with Crippen molar-refractivity contribution in [2.75, 3.05) is 41.0 Å². The van der Waals surface area contributed by atoms with Gasteiger partial charge in [-0.2, -0.15) is 0 Å². The molecule has 2 atom stereocenters. The SMILES string of the molecule is CCCCCC/C=C/CCCC(=O)OC(COCCC(C(=O)O)[N+](C)(C)C)COC(=O)CCC/C=C/C/C=C/C/C=C/CCCCCCCC. The minimum Gasteiger partial charge on any atom is -0.477 e. The average molecular weight is 705 g/mol. The van der Waals surface area contributed by atoms with Gasteiger partial charge in [0.2, 0.25) is 0 Å². The Morgan fingerprint density at radius 3 is 1.60 bits per heavy atom. The van der Waals surface area contributed by atoms with E-state index in [9.17, 15) is 19.5 Å². The molecule has 0 aromatic carbocycles. The molecule has 288 valence electrons. The molecule has 0 aromatic heterocycles. The Morgan fingerprint density at radius 1 is 0.600 bits per heavy atom. The van der Waals surface area contributed by atoms with E-state index in [0.717, 1.165) is 32.1 Å². The predicted octanol–water partition coefficient (Wildman–Crippen LogP) is 10.1. The molecule has 8 heteroatoms. The first kappa shape index (κ1) is 47.3. The number of ether oxygens (including phenoxy) is 3. The number of carboxylic acid groups (broad SMARTS) is 1. The molecule has 2 unspecified atom stereocenters. The van der Waals surface area contributed by atoms with Crippen molar-refractivity contribution in [2.24, 2.45) is 0 Å². The molecular formula is C42H74NO7+. The molecule has 0 fully saturated rings. The summed E-state index contributed by atoms with van der Waals surface area (Å²) >= 11 is 0. The van der Waals surface area contributed by atoms with Crippen LogP contribution in [0.5, 0.6) is 0 Å². The maximum absolute atomic E-state index is 12.6. The third kappa shape index (κ3) is 31.3. The highest BCUT2D eigenvalue weighted by Gasteiger charge is 2.31.